The van der Waals surface area contributed by atoms with Crippen molar-refractivity contribution in [2.45, 2.75) is 13.0 Å². The zero-order chi connectivity index (χ0) is 11.4. The fourth-order valence-corrected chi connectivity index (χ4v) is 1.22. The molecule has 0 aliphatic carbocycles. The van der Waals surface area contributed by atoms with Crippen molar-refractivity contribution < 1.29 is 14.7 Å². The second-order valence-electron chi connectivity index (χ2n) is 3.25. The lowest BCUT2D eigenvalue weighted by Crippen LogP contribution is -2.36. The average Bonchev–Trinajstić information content (AvgIpc) is 2.67. The van der Waals surface area contributed by atoms with Crippen LogP contribution >= 0.6 is 0 Å². The van der Waals surface area contributed by atoms with Crippen molar-refractivity contribution in [1.82, 2.24) is 14.7 Å². The van der Waals surface area contributed by atoms with E-state index in [0.29, 0.717) is 0 Å². The summed E-state index contributed by atoms with van der Waals surface area (Å²) >= 11 is 0. The number of aliphatic carboxylic acids is 1. The summed E-state index contributed by atoms with van der Waals surface area (Å²) in [4.78, 5) is 23.2. The molecule has 1 heterocycles. The summed E-state index contributed by atoms with van der Waals surface area (Å²) in [7, 11) is 1.45. The van der Waals surface area contributed by atoms with Crippen molar-refractivity contribution >= 4 is 11.9 Å². The van der Waals surface area contributed by atoms with Crippen LogP contribution in [0.4, 0.5) is 0 Å². The lowest BCUT2D eigenvalue weighted by Gasteiger charge is -2.19. The Balaban J connectivity index is 2.64. The van der Waals surface area contributed by atoms with E-state index in [1.54, 1.807) is 25.4 Å². The number of carboxylic acid groups (broad SMARTS) is 1. The maximum absolute atomic E-state index is 11.7. The van der Waals surface area contributed by atoms with E-state index in [4.69, 9.17) is 5.11 Å². The molecule has 1 unspecified atom stereocenters. The minimum Gasteiger partial charge on any atom is -0.480 e. The van der Waals surface area contributed by atoms with Gasteiger partial charge in [0.25, 0.3) is 0 Å². The summed E-state index contributed by atoms with van der Waals surface area (Å²) in [6, 6.07) is 1.23. The summed E-state index contributed by atoms with van der Waals surface area (Å²) in [6.07, 6.45) is 3.23. The van der Waals surface area contributed by atoms with Crippen molar-refractivity contribution in [3.63, 3.8) is 0 Å². The van der Waals surface area contributed by atoms with E-state index < -0.39 is 12.0 Å². The van der Waals surface area contributed by atoms with Crippen LogP contribution < -0.4 is 0 Å². The fraction of sp³-hybridized carbons (Fsp3) is 0.444. The molecule has 0 saturated carbocycles. The van der Waals surface area contributed by atoms with Crippen molar-refractivity contribution in [1.29, 1.82) is 0 Å². The molecule has 6 nitrogen and oxygen atoms in total. The zero-order valence-corrected chi connectivity index (χ0v) is 8.62. The standard InChI is InChI=1S/C9H13N3O3/c1-7(12-5-3-4-10-12)9(15)11(2)6-8(13)14/h3-5,7H,6H2,1-2H3,(H,13,14). The van der Waals surface area contributed by atoms with Crippen LogP contribution in [-0.2, 0) is 9.59 Å². The van der Waals surface area contributed by atoms with Crippen LogP contribution in [-0.4, -0.2) is 45.3 Å². The van der Waals surface area contributed by atoms with Gasteiger partial charge in [0.1, 0.15) is 12.6 Å². The van der Waals surface area contributed by atoms with Gasteiger partial charge in [-0.3, -0.25) is 14.3 Å². The van der Waals surface area contributed by atoms with Crippen LogP contribution in [0.15, 0.2) is 18.5 Å². The van der Waals surface area contributed by atoms with Gasteiger partial charge in [0.05, 0.1) is 0 Å². The summed E-state index contributed by atoms with van der Waals surface area (Å²) in [5.74, 6) is -1.31. The minimum absolute atomic E-state index is 0.277. The molecule has 1 N–H and O–H groups in total. The number of aromatic nitrogens is 2. The van der Waals surface area contributed by atoms with Crippen molar-refractivity contribution in [2.75, 3.05) is 13.6 Å². The van der Waals surface area contributed by atoms with Crippen LogP contribution in [0.3, 0.4) is 0 Å². The molecule has 1 aromatic heterocycles. The normalized spacial score (nSPS) is 12.1. The van der Waals surface area contributed by atoms with E-state index in [1.807, 2.05) is 0 Å². The maximum atomic E-state index is 11.7. The maximum Gasteiger partial charge on any atom is 0.323 e. The third-order valence-electron chi connectivity index (χ3n) is 2.03. The fourth-order valence-electron chi connectivity index (χ4n) is 1.22. The first-order valence-electron chi connectivity index (χ1n) is 4.48. The number of carbonyl (C=O) groups excluding carboxylic acids is 1. The Morgan fingerprint density at radius 2 is 2.27 bits per heavy atom. The Labute approximate surface area is 87.1 Å². The molecule has 0 aliphatic rings. The van der Waals surface area contributed by atoms with Crippen LogP contribution in [0, 0.1) is 0 Å². The predicted molar refractivity (Wildman–Crippen MR) is 52.2 cm³/mol. The van der Waals surface area contributed by atoms with Gasteiger partial charge in [-0.05, 0) is 13.0 Å². The molecule has 1 aromatic rings. The highest BCUT2D eigenvalue weighted by Gasteiger charge is 2.20. The first-order chi connectivity index (χ1) is 7.02. The quantitative estimate of drug-likeness (QED) is 0.759. The summed E-state index contributed by atoms with van der Waals surface area (Å²) < 4.78 is 1.49. The molecular formula is C9H13N3O3. The van der Waals surface area contributed by atoms with E-state index >= 15 is 0 Å². The molecule has 0 saturated heterocycles. The predicted octanol–water partition coefficient (Wildman–Crippen LogP) is -0.0129. The monoisotopic (exact) mass is 211 g/mol. The topological polar surface area (TPSA) is 75.4 Å². The van der Waals surface area contributed by atoms with Gasteiger partial charge in [-0.15, -0.1) is 0 Å². The lowest BCUT2D eigenvalue weighted by molar-refractivity contribution is -0.144. The van der Waals surface area contributed by atoms with Crippen LogP contribution in [0.1, 0.15) is 13.0 Å². The number of carboxylic acids is 1. The summed E-state index contributed by atoms with van der Waals surface area (Å²) in [6.45, 7) is 1.37. The van der Waals surface area contributed by atoms with Gasteiger partial charge < -0.3 is 10.0 Å². The van der Waals surface area contributed by atoms with Crippen molar-refractivity contribution in [3.05, 3.63) is 18.5 Å². The molecule has 6 heteroatoms. The Bertz CT molecular complexity index is 347. The number of carbonyl (C=O) groups is 2. The molecule has 1 rings (SSSR count). The third-order valence-corrected chi connectivity index (χ3v) is 2.03. The molecule has 0 spiro atoms. The Kier molecular flexibility index (Phi) is 3.43. The summed E-state index contributed by atoms with van der Waals surface area (Å²) in [5, 5.41) is 12.4. The number of rotatable bonds is 4. The van der Waals surface area contributed by atoms with Crippen LogP contribution in [0.5, 0.6) is 0 Å². The van der Waals surface area contributed by atoms with Gasteiger partial charge in [0.2, 0.25) is 5.91 Å². The Morgan fingerprint density at radius 1 is 1.60 bits per heavy atom. The van der Waals surface area contributed by atoms with Gasteiger partial charge in [0, 0.05) is 19.4 Å². The molecule has 0 bridgehead atoms. The second kappa shape index (κ2) is 4.59. The molecular weight excluding hydrogens is 198 g/mol. The zero-order valence-electron chi connectivity index (χ0n) is 8.62. The van der Waals surface area contributed by atoms with E-state index in [-0.39, 0.29) is 12.5 Å². The van der Waals surface area contributed by atoms with E-state index in [0.717, 1.165) is 4.90 Å². The van der Waals surface area contributed by atoms with Crippen LogP contribution in [0.2, 0.25) is 0 Å². The number of likely N-dealkylation sites (N-methyl/N-ethyl adjacent to an activating group) is 1. The summed E-state index contributed by atoms with van der Waals surface area (Å²) in [5.41, 5.74) is 0. The van der Waals surface area contributed by atoms with Crippen molar-refractivity contribution in [2.24, 2.45) is 0 Å². The van der Waals surface area contributed by atoms with E-state index in [2.05, 4.69) is 5.10 Å². The molecule has 0 aromatic carbocycles. The highest BCUT2D eigenvalue weighted by molar-refractivity contribution is 5.83. The number of nitrogens with zero attached hydrogens (tertiary/aromatic N) is 3. The molecule has 0 fully saturated rings. The van der Waals surface area contributed by atoms with Crippen LogP contribution in [0.25, 0.3) is 0 Å². The van der Waals surface area contributed by atoms with E-state index in [1.165, 1.54) is 11.7 Å². The van der Waals surface area contributed by atoms with Gasteiger partial charge in [-0.25, -0.2) is 0 Å². The number of hydrogen-bond donors (Lipinski definition) is 1. The second-order valence-corrected chi connectivity index (χ2v) is 3.25. The van der Waals surface area contributed by atoms with Gasteiger partial charge >= 0.3 is 5.97 Å². The lowest BCUT2D eigenvalue weighted by atomic mass is 10.3. The smallest absolute Gasteiger partial charge is 0.323 e. The highest BCUT2D eigenvalue weighted by Crippen LogP contribution is 2.06. The minimum atomic E-state index is -1.03. The molecule has 0 aliphatic heterocycles. The molecule has 82 valence electrons. The Hall–Kier alpha value is -1.85. The largest absolute Gasteiger partial charge is 0.480 e. The van der Waals surface area contributed by atoms with E-state index in [9.17, 15) is 9.59 Å². The van der Waals surface area contributed by atoms with Crippen molar-refractivity contribution in [3.8, 4) is 0 Å². The molecule has 1 atom stereocenters. The number of hydrogen-bond acceptors (Lipinski definition) is 3. The first kappa shape index (κ1) is 11.2. The highest BCUT2D eigenvalue weighted by atomic mass is 16.4. The molecule has 15 heavy (non-hydrogen) atoms. The first-order valence-corrected chi connectivity index (χ1v) is 4.48. The van der Waals surface area contributed by atoms with Gasteiger partial charge in [-0.2, -0.15) is 5.10 Å². The average molecular weight is 211 g/mol. The Morgan fingerprint density at radius 3 is 2.73 bits per heavy atom. The third kappa shape index (κ3) is 2.80. The van der Waals surface area contributed by atoms with Gasteiger partial charge in [0.15, 0.2) is 0 Å². The van der Waals surface area contributed by atoms with Gasteiger partial charge in [-0.1, -0.05) is 0 Å². The SMILES string of the molecule is CC(C(=O)N(C)CC(=O)O)n1cccn1. The number of amides is 1. The molecule has 0 radical (unpaired) electrons. The molecule has 1 amide bonds.